The van der Waals surface area contributed by atoms with Gasteiger partial charge < -0.3 is 15.4 Å². The molecule has 1 heterocycles. The van der Waals surface area contributed by atoms with Crippen LogP contribution in [0.1, 0.15) is 48.0 Å². The number of aryl methyl sites for hydroxylation is 1. The maximum Gasteiger partial charge on any atom is 0.254 e. The van der Waals surface area contributed by atoms with Crippen LogP contribution in [0.2, 0.25) is 0 Å². The molecule has 1 aromatic heterocycles. The number of hydrogen-bond acceptors (Lipinski definition) is 4. The maximum absolute atomic E-state index is 12.4. The van der Waals surface area contributed by atoms with Crippen molar-refractivity contribution in [2.24, 2.45) is 0 Å². The number of amides is 2. The highest BCUT2D eigenvalue weighted by Crippen LogP contribution is 2.25. The molecular formula is C20H24N2O3S. The molecule has 138 valence electrons. The van der Waals surface area contributed by atoms with E-state index in [4.69, 9.17) is 4.74 Å². The van der Waals surface area contributed by atoms with E-state index in [0.717, 1.165) is 24.2 Å². The van der Waals surface area contributed by atoms with Crippen LogP contribution in [0, 0.1) is 0 Å². The molecule has 2 N–H and O–H groups in total. The van der Waals surface area contributed by atoms with E-state index < -0.39 is 0 Å². The van der Waals surface area contributed by atoms with Crippen molar-refractivity contribution in [3.8, 4) is 5.75 Å². The van der Waals surface area contributed by atoms with Gasteiger partial charge in [-0.25, -0.2) is 0 Å². The Morgan fingerprint density at radius 2 is 1.88 bits per heavy atom. The van der Waals surface area contributed by atoms with Crippen LogP contribution in [-0.4, -0.2) is 25.0 Å². The summed E-state index contributed by atoms with van der Waals surface area (Å²) in [5.74, 6) is 0.622. The summed E-state index contributed by atoms with van der Waals surface area (Å²) in [4.78, 5) is 24.7. The highest BCUT2D eigenvalue weighted by molar-refractivity contribution is 7.14. The molecule has 0 bridgehead atoms. The number of carbonyl (C=O) groups is 2. The zero-order valence-electron chi connectivity index (χ0n) is 14.9. The van der Waals surface area contributed by atoms with E-state index in [-0.39, 0.29) is 17.9 Å². The fraction of sp³-hybridized carbons (Fsp3) is 0.400. The summed E-state index contributed by atoms with van der Waals surface area (Å²) in [7, 11) is 1.63. The molecule has 1 aliphatic carbocycles. The van der Waals surface area contributed by atoms with Gasteiger partial charge in [-0.15, -0.1) is 11.3 Å². The van der Waals surface area contributed by atoms with Crippen LogP contribution in [0.5, 0.6) is 5.75 Å². The summed E-state index contributed by atoms with van der Waals surface area (Å²) in [6.07, 6.45) is 5.44. The van der Waals surface area contributed by atoms with Gasteiger partial charge in [-0.1, -0.05) is 25.0 Å². The topological polar surface area (TPSA) is 67.4 Å². The Balaban J connectivity index is 1.52. The third-order valence-electron chi connectivity index (χ3n) is 4.65. The lowest BCUT2D eigenvalue weighted by Gasteiger charge is -2.12. The van der Waals surface area contributed by atoms with E-state index >= 15 is 0 Å². The van der Waals surface area contributed by atoms with E-state index in [2.05, 4.69) is 10.6 Å². The standard InChI is InChI=1S/C20H24N2O3S/c1-25-16-9-6-14(7-10-16)8-11-18(23)22-20-17(12-13-26-20)19(24)21-15-4-2-3-5-15/h6-7,9-10,12-13,15H,2-5,8,11H2,1H3,(H,21,24)(H,22,23). The van der Waals surface area contributed by atoms with Crippen LogP contribution in [0.3, 0.4) is 0 Å². The van der Waals surface area contributed by atoms with Gasteiger partial charge >= 0.3 is 0 Å². The van der Waals surface area contributed by atoms with Gasteiger partial charge in [0.25, 0.3) is 5.91 Å². The number of ether oxygens (including phenoxy) is 1. The molecule has 1 fully saturated rings. The second-order valence-electron chi connectivity index (χ2n) is 6.51. The Morgan fingerprint density at radius 1 is 1.15 bits per heavy atom. The first-order chi connectivity index (χ1) is 12.7. The van der Waals surface area contributed by atoms with Gasteiger partial charge in [0.2, 0.25) is 5.91 Å². The van der Waals surface area contributed by atoms with Gasteiger partial charge in [0.1, 0.15) is 10.8 Å². The Kier molecular flexibility index (Phi) is 6.28. The molecule has 1 aliphatic rings. The molecule has 0 saturated heterocycles. The third kappa shape index (κ3) is 4.85. The van der Waals surface area contributed by atoms with E-state index in [0.29, 0.717) is 23.4 Å². The van der Waals surface area contributed by atoms with Gasteiger partial charge in [-0.05, 0) is 48.4 Å². The van der Waals surface area contributed by atoms with Gasteiger partial charge in [0, 0.05) is 12.5 Å². The lowest BCUT2D eigenvalue weighted by Crippen LogP contribution is -2.32. The molecule has 0 radical (unpaired) electrons. The molecule has 0 aliphatic heterocycles. The van der Waals surface area contributed by atoms with Crippen molar-refractivity contribution in [1.29, 1.82) is 0 Å². The molecule has 0 atom stereocenters. The molecular weight excluding hydrogens is 348 g/mol. The summed E-state index contributed by atoms with van der Waals surface area (Å²) in [5.41, 5.74) is 1.63. The lowest BCUT2D eigenvalue weighted by molar-refractivity contribution is -0.116. The number of carbonyl (C=O) groups excluding carboxylic acids is 2. The first kappa shape index (κ1) is 18.5. The summed E-state index contributed by atoms with van der Waals surface area (Å²) in [6, 6.07) is 9.72. The fourth-order valence-electron chi connectivity index (χ4n) is 3.16. The Bertz CT molecular complexity index is 749. The minimum atomic E-state index is -0.0939. The normalized spacial score (nSPS) is 14.2. The van der Waals surface area contributed by atoms with Gasteiger partial charge in [-0.2, -0.15) is 0 Å². The van der Waals surface area contributed by atoms with Crippen molar-refractivity contribution in [2.75, 3.05) is 12.4 Å². The van der Waals surface area contributed by atoms with Crippen LogP contribution >= 0.6 is 11.3 Å². The Labute approximate surface area is 157 Å². The first-order valence-corrected chi connectivity index (χ1v) is 9.85. The predicted octanol–water partition coefficient (Wildman–Crippen LogP) is 4.00. The molecule has 1 saturated carbocycles. The number of methoxy groups -OCH3 is 1. The molecule has 0 unspecified atom stereocenters. The SMILES string of the molecule is COc1ccc(CCC(=O)Nc2sccc2C(=O)NC2CCCC2)cc1. The number of benzene rings is 1. The van der Waals surface area contributed by atoms with Crippen LogP contribution in [0.4, 0.5) is 5.00 Å². The summed E-state index contributed by atoms with van der Waals surface area (Å²) < 4.78 is 5.13. The smallest absolute Gasteiger partial charge is 0.254 e. The van der Waals surface area contributed by atoms with Crippen molar-refractivity contribution in [2.45, 2.75) is 44.6 Å². The molecule has 3 rings (SSSR count). The summed E-state index contributed by atoms with van der Waals surface area (Å²) in [5, 5.41) is 8.41. The summed E-state index contributed by atoms with van der Waals surface area (Å²) >= 11 is 1.38. The molecule has 2 aromatic rings. The van der Waals surface area contributed by atoms with Crippen molar-refractivity contribution < 1.29 is 14.3 Å². The highest BCUT2D eigenvalue weighted by atomic mass is 32.1. The molecule has 6 heteroatoms. The van der Waals surface area contributed by atoms with Gasteiger partial charge in [0.05, 0.1) is 12.7 Å². The molecule has 2 amide bonds. The van der Waals surface area contributed by atoms with Crippen molar-refractivity contribution in [3.05, 3.63) is 46.8 Å². The fourth-order valence-corrected chi connectivity index (χ4v) is 3.96. The number of hydrogen-bond donors (Lipinski definition) is 2. The molecule has 26 heavy (non-hydrogen) atoms. The average molecular weight is 372 g/mol. The monoisotopic (exact) mass is 372 g/mol. The van der Waals surface area contributed by atoms with Gasteiger partial charge in [0.15, 0.2) is 0 Å². The minimum absolute atomic E-state index is 0.0850. The van der Waals surface area contributed by atoms with E-state index in [1.165, 1.54) is 24.2 Å². The molecule has 1 aromatic carbocycles. The van der Waals surface area contributed by atoms with Crippen molar-refractivity contribution in [1.82, 2.24) is 5.32 Å². The summed E-state index contributed by atoms with van der Waals surface area (Å²) in [6.45, 7) is 0. The highest BCUT2D eigenvalue weighted by Gasteiger charge is 2.21. The number of rotatable bonds is 7. The van der Waals surface area contributed by atoms with Gasteiger partial charge in [-0.3, -0.25) is 9.59 Å². The van der Waals surface area contributed by atoms with Crippen LogP contribution in [-0.2, 0) is 11.2 Å². The first-order valence-electron chi connectivity index (χ1n) is 8.97. The quantitative estimate of drug-likeness (QED) is 0.772. The number of anilines is 1. The predicted molar refractivity (Wildman–Crippen MR) is 104 cm³/mol. The molecule has 5 nitrogen and oxygen atoms in total. The largest absolute Gasteiger partial charge is 0.497 e. The number of nitrogens with one attached hydrogen (secondary N) is 2. The van der Waals surface area contributed by atoms with Crippen LogP contribution in [0.15, 0.2) is 35.7 Å². The van der Waals surface area contributed by atoms with Crippen LogP contribution in [0.25, 0.3) is 0 Å². The zero-order chi connectivity index (χ0) is 18.4. The molecule has 0 spiro atoms. The minimum Gasteiger partial charge on any atom is -0.497 e. The maximum atomic E-state index is 12.4. The zero-order valence-corrected chi connectivity index (χ0v) is 15.7. The van der Waals surface area contributed by atoms with Crippen LogP contribution < -0.4 is 15.4 Å². The Hall–Kier alpha value is -2.34. The van der Waals surface area contributed by atoms with E-state index in [9.17, 15) is 9.59 Å². The Morgan fingerprint density at radius 3 is 2.58 bits per heavy atom. The second kappa shape index (κ2) is 8.85. The van der Waals surface area contributed by atoms with Crippen molar-refractivity contribution >= 4 is 28.2 Å². The second-order valence-corrected chi connectivity index (χ2v) is 7.43. The average Bonchev–Trinajstić information content (AvgIpc) is 3.32. The lowest BCUT2D eigenvalue weighted by atomic mass is 10.1. The van der Waals surface area contributed by atoms with E-state index in [1.807, 2.05) is 29.6 Å². The van der Waals surface area contributed by atoms with E-state index in [1.54, 1.807) is 13.2 Å². The third-order valence-corrected chi connectivity index (χ3v) is 5.48. The number of thiophene rings is 1. The van der Waals surface area contributed by atoms with Crippen molar-refractivity contribution in [3.63, 3.8) is 0 Å².